The molecule has 0 saturated heterocycles. The number of rotatable bonds is 6. The zero-order valence-electron chi connectivity index (χ0n) is 10.6. The molecule has 0 aliphatic heterocycles. The van der Waals surface area contributed by atoms with Gasteiger partial charge >= 0.3 is 0 Å². The van der Waals surface area contributed by atoms with Crippen LogP contribution in [0.3, 0.4) is 0 Å². The lowest BCUT2D eigenvalue weighted by Gasteiger charge is -2.14. The summed E-state index contributed by atoms with van der Waals surface area (Å²) in [6.45, 7) is 4.21. The van der Waals surface area contributed by atoms with Crippen molar-refractivity contribution in [3.05, 3.63) is 29.8 Å². The van der Waals surface area contributed by atoms with Crippen molar-refractivity contribution in [2.75, 3.05) is 3.93 Å². The Hall–Kier alpha value is -0.830. The maximum atomic E-state index is 11.9. The second kappa shape index (κ2) is 7.49. The van der Waals surface area contributed by atoms with Crippen LogP contribution >= 0.6 is 16.1 Å². The molecule has 0 saturated carbocycles. The van der Waals surface area contributed by atoms with Gasteiger partial charge in [-0.2, -0.15) is 0 Å². The van der Waals surface area contributed by atoms with Crippen molar-refractivity contribution in [3.63, 3.8) is 0 Å². The van der Waals surface area contributed by atoms with Crippen LogP contribution in [-0.2, 0) is 4.79 Å². The van der Waals surface area contributed by atoms with Crippen LogP contribution in [0.4, 0.5) is 5.69 Å². The molecular formula is C14H20BrNO. The summed E-state index contributed by atoms with van der Waals surface area (Å²) in [5.74, 6) is 0.130. The Bertz CT molecular complexity index is 348. The van der Waals surface area contributed by atoms with Gasteiger partial charge < -0.3 is 0 Å². The van der Waals surface area contributed by atoms with Crippen LogP contribution in [-0.4, -0.2) is 5.91 Å². The normalized spacial score (nSPS) is 10.3. The largest absolute Gasteiger partial charge is 0.274 e. The van der Waals surface area contributed by atoms with Crippen molar-refractivity contribution < 1.29 is 4.79 Å². The third-order valence-corrected chi connectivity index (χ3v) is 3.53. The zero-order chi connectivity index (χ0) is 12.7. The molecule has 0 spiro atoms. The highest BCUT2D eigenvalue weighted by Gasteiger charge is 2.11. The van der Waals surface area contributed by atoms with Gasteiger partial charge in [-0.25, -0.2) is 3.93 Å². The molecule has 0 N–H and O–H groups in total. The lowest BCUT2D eigenvalue weighted by molar-refractivity contribution is -0.117. The summed E-state index contributed by atoms with van der Waals surface area (Å²) in [7, 11) is 0. The lowest BCUT2D eigenvalue weighted by Crippen LogP contribution is -2.19. The van der Waals surface area contributed by atoms with Gasteiger partial charge in [0.05, 0.1) is 21.8 Å². The Labute approximate surface area is 112 Å². The average Bonchev–Trinajstić information content (AvgIpc) is 2.34. The van der Waals surface area contributed by atoms with Crippen LogP contribution in [0.2, 0.25) is 0 Å². The summed E-state index contributed by atoms with van der Waals surface area (Å²) in [6.07, 6.45) is 5.13. The summed E-state index contributed by atoms with van der Waals surface area (Å²) in [4.78, 5) is 11.9. The molecule has 0 aromatic heterocycles. The predicted molar refractivity (Wildman–Crippen MR) is 76.4 cm³/mol. The summed E-state index contributed by atoms with van der Waals surface area (Å²) in [6, 6.07) is 7.92. The molecule has 0 aliphatic carbocycles. The van der Waals surface area contributed by atoms with Gasteiger partial charge in [0.25, 0.3) is 0 Å². The number of amides is 1. The molecule has 0 bridgehead atoms. The molecule has 0 atom stereocenters. The standard InChI is InChI=1S/C14H20BrNO/c1-3-4-5-6-7-14(17)16(15)13-10-8-12(2)9-11-13/h8-11H,3-7H2,1-2H3. The van der Waals surface area contributed by atoms with E-state index in [0.717, 1.165) is 18.5 Å². The third kappa shape index (κ3) is 4.90. The van der Waals surface area contributed by atoms with E-state index in [0.29, 0.717) is 6.42 Å². The number of hydrogen-bond donors (Lipinski definition) is 0. The molecule has 94 valence electrons. The number of benzene rings is 1. The minimum Gasteiger partial charge on any atom is -0.274 e. The van der Waals surface area contributed by atoms with Crippen LogP contribution in [0.25, 0.3) is 0 Å². The highest BCUT2D eigenvalue weighted by atomic mass is 79.9. The molecule has 1 rings (SSSR count). The molecule has 2 nitrogen and oxygen atoms in total. The molecule has 17 heavy (non-hydrogen) atoms. The van der Waals surface area contributed by atoms with Crippen molar-refractivity contribution in [2.45, 2.75) is 46.0 Å². The Morgan fingerprint density at radius 3 is 2.41 bits per heavy atom. The first-order chi connectivity index (χ1) is 8.15. The van der Waals surface area contributed by atoms with Gasteiger partial charge in [0.1, 0.15) is 0 Å². The molecule has 0 fully saturated rings. The summed E-state index contributed by atoms with van der Waals surface area (Å²) in [5.41, 5.74) is 2.10. The van der Waals surface area contributed by atoms with Crippen molar-refractivity contribution in [2.24, 2.45) is 0 Å². The minimum absolute atomic E-state index is 0.130. The minimum atomic E-state index is 0.130. The van der Waals surface area contributed by atoms with E-state index in [4.69, 9.17) is 0 Å². The van der Waals surface area contributed by atoms with Crippen molar-refractivity contribution in [3.8, 4) is 0 Å². The van der Waals surface area contributed by atoms with Gasteiger partial charge in [-0.05, 0) is 25.5 Å². The molecule has 1 amide bonds. The van der Waals surface area contributed by atoms with Crippen molar-refractivity contribution in [1.29, 1.82) is 0 Å². The van der Waals surface area contributed by atoms with E-state index in [2.05, 4.69) is 23.1 Å². The van der Waals surface area contributed by atoms with Gasteiger partial charge in [0.2, 0.25) is 5.91 Å². The van der Waals surface area contributed by atoms with Crippen molar-refractivity contribution >= 4 is 27.7 Å². The Kier molecular flexibility index (Phi) is 6.27. The SMILES string of the molecule is CCCCCCC(=O)N(Br)c1ccc(C)cc1. The molecular weight excluding hydrogens is 278 g/mol. The maximum absolute atomic E-state index is 11.9. The highest BCUT2D eigenvalue weighted by molar-refractivity contribution is 9.10. The van der Waals surface area contributed by atoms with E-state index in [1.807, 2.05) is 31.2 Å². The number of anilines is 1. The second-order valence-corrected chi connectivity index (χ2v) is 5.03. The molecule has 0 radical (unpaired) electrons. The zero-order valence-corrected chi connectivity index (χ0v) is 12.2. The van der Waals surface area contributed by atoms with E-state index in [-0.39, 0.29) is 5.91 Å². The first-order valence-corrected chi connectivity index (χ1v) is 6.91. The molecule has 0 unspecified atom stereocenters. The summed E-state index contributed by atoms with van der Waals surface area (Å²) >= 11 is 3.33. The first-order valence-electron chi connectivity index (χ1n) is 6.20. The monoisotopic (exact) mass is 297 g/mol. The molecule has 1 aromatic carbocycles. The number of carbonyl (C=O) groups excluding carboxylic acids is 1. The average molecular weight is 298 g/mol. The van der Waals surface area contributed by atoms with Crippen LogP contribution in [0.5, 0.6) is 0 Å². The van der Waals surface area contributed by atoms with Gasteiger partial charge in [-0.15, -0.1) is 0 Å². The fourth-order valence-electron chi connectivity index (χ4n) is 1.62. The van der Waals surface area contributed by atoms with Gasteiger partial charge in [0, 0.05) is 6.42 Å². The summed E-state index contributed by atoms with van der Waals surface area (Å²) < 4.78 is 1.57. The fraction of sp³-hybridized carbons (Fsp3) is 0.500. The summed E-state index contributed by atoms with van der Waals surface area (Å²) in [5, 5.41) is 0. The highest BCUT2D eigenvalue weighted by Crippen LogP contribution is 2.20. The van der Waals surface area contributed by atoms with Gasteiger partial charge in [0.15, 0.2) is 0 Å². The van der Waals surface area contributed by atoms with E-state index in [9.17, 15) is 4.79 Å². The number of aryl methyl sites for hydroxylation is 1. The topological polar surface area (TPSA) is 20.3 Å². The van der Waals surface area contributed by atoms with E-state index < -0.39 is 0 Å². The van der Waals surface area contributed by atoms with Crippen LogP contribution in [0, 0.1) is 6.92 Å². The van der Waals surface area contributed by atoms with Crippen molar-refractivity contribution in [1.82, 2.24) is 0 Å². The van der Waals surface area contributed by atoms with E-state index >= 15 is 0 Å². The molecule has 3 heteroatoms. The Morgan fingerprint density at radius 1 is 1.18 bits per heavy atom. The van der Waals surface area contributed by atoms with Crippen LogP contribution in [0.15, 0.2) is 24.3 Å². The first kappa shape index (κ1) is 14.2. The van der Waals surface area contributed by atoms with Crippen LogP contribution < -0.4 is 3.93 Å². The van der Waals surface area contributed by atoms with Gasteiger partial charge in [-0.3, -0.25) is 4.79 Å². The van der Waals surface area contributed by atoms with E-state index in [1.54, 1.807) is 3.93 Å². The number of unbranched alkanes of at least 4 members (excludes halogenated alkanes) is 3. The van der Waals surface area contributed by atoms with Crippen LogP contribution in [0.1, 0.15) is 44.6 Å². The predicted octanol–water partition coefficient (Wildman–Crippen LogP) is 4.61. The molecule has 0 heterocycles. The fourth-order valence-corrected chi connectivity index (χ4v) is 2.03. The number of hydrogen-bond acceptors (Lipinski definition) is 1. The third-order valence-electron chi connectivity index (χ3n) is 2.72. The second-order valence-electron chi connectivity index (χ2n) is 4.32. The number of carbonyl (C=O) groups is 1. The number of halogens is 1. The van der Waals surface area contributed by atoms with E-state index in [1.165, 1.54) is 18.4 Å². The quantitative estimate of drug-likeness (QED) is 0.555. The maximum Gasteiger partial charge on any atom is 0.237 e. The Morgan fingerprint density at radius 2 is 1.82 bits per heavy atom. The molecule has 0 aliphatic rings. The number of nitrogens with zero attached hydrogens (tertiary/aromatic N) is 1. The molecule has 1 aromatic rings. The Balaban J connectivity index is 2.43. The van der Waals surface area contributed by atoms with Gasteiger partial charge in [-0.1, -0.05) is 43.9 Å². The lowest BCUT2D eigenvalue weighted by atomic mass is 10.1. The smallest absolute Gasteiger partial charge is 0.237 e.